The third-order valence-corrected chi connectivity index (χ3v) is 11.9. The van der Waals surface area contributed by atoms with Crippen molar-refractivity contribution in [3.8, 4) is 11.3 Å². The molecule has 1 unspecified atom stereocenters. The quantitative estimate of drug-likeness (QED) is 0.237. The molecule has 0 aliphatic carbocycles. The number of hydrogen-bond donors (Lipinski definition) is 4. The van der Waals surface area contributed by atoms with Crippen molar-refractivity contribution >= 4 is 10.9 Å². The highest BCUT2D eigenvalue weighted by Crippen LogP contribution is 2.60. The lowest BCUT2D eigenvalue weighted by atomic mass is 9.80. The summed E-state index contributed by atoms with van der Waals surface area (Å²) in [5.74, 6) is -3.91. The van der Waals surface area contributed by atoms with E-state index in [0.29, 0.717) is 30.9 Å². The molecule has 0 amide bonds. The van der Waals surface area contributed by atoms with Gasteiger partial charge in [0.05, 0.1) is 53.8 Å². The normalized spacial score (nSPS) is 31.1. The van der Waals surface area contributed by atoms with E-state index in [0.717, 1.165) is 17.7 Å². The molecule has 0 saturated carbocycles. The average Bonchev–Trinajstić information content (AvgIpc) is 3.41. The van der Waals surface area contributed by atoms with Gasteiger partial charge in [-0.25, -0.2) is 28.7 Å². The van der Waals surface area contributed by atoms with E-state index in [1.54, 1.807) is 6.20 Å². The molecule has 5 rings (SSSR count). The fourth-order valence-corrected chi connectivity index (χ4v) is 10.4. The summed E-state index contributed by atoms with van der Waals surface area (Å²) in [7, 11) is 0.157. The van der Waals surface area contributed by atoms with E-state index in [4.69, 9.17) is 14.5 Å². The van der Waals surface area contributed by atoms with Crippen LogP contribution in [-0.4, -0.2) is 90.0 Å². The lowest BCUT2D eigenvalue weighted by Gasteiger charge is -2.54. The van der Waals surface area contributed by atoms with Crippen LogP contribution >= 0.6 is 10.9 Å². The lowest BCUT2D eigenvalue weighted by Crippen LogP contribution is -2.55. The molecule has 2 aliphatic heterocycles. The Kier molecular flexibility index (Phi) is 8.72. The van der Waals surface area contributed by atoms with E-state index >= 15 is 0 Å². The van der Waals surface area contributed by atoms with E-state index in [1.165, 1.54) is 18.0 Å². The van der Waals surface area contributed by atoms with E-state index in [2.05, 4.69) is 10.3 Å². The summed E-state index contributed by atoms with van der Waals surface area (Å²) in [6.07, 6.45) is 1.99. The lowest BCUT2D eigenvalue weighted by molar-refractivity contribution is -0.145. The Morgan fingerprint density at radius 3 is 2.57 bits per heavy atom. The van der Waals surface area contributed by atoms with Crippen molar-refractivity contribution in [1.29, 1.82) is 0 Å². The van der Waals surface area contributed by atoms with Gasteiger partial charge >= 0.3 is 0 Å². The predicted octanol–water partition coefficient (Wildman–Crippen LogP) is 3.42. The zero-order valence-electron chi connectivity index (χ0n) is 23.9. The van der Waals surface area contributed by atoms with Crippen LogP contribution in [0.1, 0.15) is 49.2 Å². The number of rotatable bonds is 7. The molecule has 2 aliphatic rings. The fourth-order valence-electron chi connectivity index (χ4n) is 6.52. The Morgan fingerprint density at radius 2 is 1.95 bits per heavy atom. The van der Waals surface area contributed by atoms with Gasteiger partial charge in [0.2, 0.25) is 0 Å². The number of thiol groups is 1. The van der Waals surface area contributed by atoms with E-state index in [9.17, 15) is 28.5 Å². The number of ether oxygens (including phenoxy) is 2. The molecular formula is C29H37F3N4O5S. The first-order valence-electron chi connectivity index (χ1n) is 13.8. The molecule has 230 valence electrons. The summed E-state index contributed by atoms with van der Waals surface area (Å²) < 4.78 is 54.5. The molecule has 4 heterocycles. The second-order valence-electron chi connectivity index (χ2n) is 11.8. The molecule has 9 nitrogen and oxygen atoms in total. The molecule has 13 heteroatoms. The van der Waals surface area contributed by atoms with Crippen LogP contribution in [0.25, 0.3) is 11.3 Å². The van der Waals surface area contributed by atoms with Gasteiger partial charge in [0, 0.05) is 42.7 Å². The maximum atomic E-state index is 13.9. The Labute approximate surface area is 245 Å². The first-order valence-corrected chi connectivity index (χ1v) is 15.5. The van der Waals surface area contributed by atoms with Crippen molar-refractivity contribution in [3.63, 3.8) is 0 Å². The fraction of sp³-hybridized carbons (Fsp3) is 0.552. The smallest absolute Gasteiger partial charge is 0.194 e. The molecule has 7 atom stereocenters. The number of benzene rings is 1. The monoisotopic (exact) mass is 610 g/mol. The van der Waals surface area contributed by atoms with Crippen LogP contribution in [0.4, 0.5) is 13.2 Å². The van der Waals surface area contributed by atoms with Gasteiger partial charge in [-0.15, -0.1) is 5.10 Å². The van der Waals surface area contributed by atoms with Gasteiger partial charge in [-0.3, -0.25) is 4.98 Å². The zero-order valence-corrected chi connectivity index (χ0v) is 24.8. The maximum absolute atomic E-state index is 13.9. The van der Waals surface area contributed by atoms with Crippen molar-refractivity contribution in [2.45, 2.75) is 73.6 Å². The highest BCUT2D eigenvalue weighted by atomic mass is 32.2. The van der Waals surface area contributed by atoms with Crippen LogP contribution in [0.15, 0.2) is 36.7 Å². The molecule has 2 saturated heterocycles. The van der Waals surface area contributed by atoms with Crippen LogP contribution < -0.4 is 0 Å². The second-order valence-corrected chi connectivity index (χ2v) is 14.4. The van der Waals surface area contributed by atoms with Crippen LogP contribution in [0.2, 0.25) is 0 Å². The van der Waals surface area contributed by atoms with Crippen LogP contribution in [0, 0.1) is 24.4 Å². The predicted molar refractivity (Wildman–Crippen MR) is 152 cm³/mol. The molecular weight excluding hydrogens is 573 g/mol. The van der Waals surface area contributed by atoms with E-state index in [-0.39, 0.29) is 17.9 Å². The number of pyridine rings is 1. The molecule has 0 radical (unpaired) electrons. The number of hydrogen-bond acceptors (Lipinski definition) is 8. The first kappa shape index (κ1) is 30.9. The summed E-state index contributed by atoms with van der Waals surface area (Å²) in [5.41, 5.74) is -0.152. The minimum Gasteiger partial charge on any atom is -0.395 e. The molecule has 1 aromatic carbocycles. The Bertz CT molecular complexity index is 1400. The third-order valence-electron chi connectivity index (χ3n) is 8.44. The van der Waals surface area contributed by atoms with Gasteiger partial charge in [0.25, 0.3) is 0 Å². The summed E-state index contributed by atoms with van der Waals surface area (Å²) in [6.45, 7) is 5.78. The number of aromatic nitrogens is 4. The van der Waals surface area contributed by atoms with E-state index in [1.807, 2.05) is 32.9 Å². The van der Waals surface area contributed by atoms with Crippen molar-refractivity contribution in [1.82, 2.24) is 20.0 Å². The average molecular weight is 611 g/mol. The summed E-state index contributed by atoms with van der Waals surface area (Å²) in [6, 6.07) is 4.60. The van der Waals surface area contributed by atoms with Gasteiger partial charge < -0.3 is 24.8 Å². The largest absolute Gasteiger partial charge is 0.395 e. The van der Waals surface area contributed by atoms with Gasteiger partial charge in [0.1, 0.15) is 11.7 Å². The van der Waals surface area contributed by atoms with Gasteiger partial charge in [-0.1, -0.05) is 11.3 Å². The minimum atomic E-state index is -1.58. The van der Waals surface area contributed by atoms with Gasteiger partial charge in [0.15, 0.2) is 17.5 Å². The number of halogens is 3. The number of aryl methyl sites for hydroxylation is 1. The standard InChI is InChI=1S/C29H37F3N4O5S/c1-16-6-5-8-33-24(16)27(29(39)7-9-41-28(2,3)15-29)42-14-21(40-4)25(26(38)22(42)13-37)36-12-20(34-35-36)17-10-18(30)23(32)19(31)11-17/h5-6,8,10-12,21-22,25-27,37-39,42H,7,9,13-15H2,1-4H3/t21-,22+,25+,26-,27-,29-/m0/s1. The van der Waals surface area contributed by atoms with Gasteiger partial charge in [-0.05, 0) is 44.5 Å². The minimum absolute atomic E-state index is 0.0204. The van der Waals surface area contributed by atoms with Crippen molar-refractivity contribution in [2.24, 2.45) is 0 Å². The maximum Gasteiger partial charge on any atom is 0.194 e. The number of methoxy groups -OCH3 is 1. The topological polar surface area (TPSA) is 123 Å². The molecule has 42 heavy (non-hydrogen) atoms. The highest BCUT2D eigenvalue weighted by Gasteiger charge is 2.54. The second kappa shape index (κ2) is 11.9. The zero-order chi connectivity index (χ0) is 30.4. The van der Waals surface area contributed by atoms with Crippen molar-refractivity contribution < 1.29 is 38.0 Å². The van der Waals surface area contributed by atoms with Crippen LogP contribution in [-0.2, 0) is 9.47 Å². The molecule has 0 spiro atoms. The highest BCUT2D eigenvalue weighted by molar-refractivity contribution is 8.18. The number of nitrogens with zero attached hydrogens (tertiary/aromatic N) is 4. The number of aliphatic hydroxyl groups excluding tert-OH is 2. The summed E-state index contributed by atoms with van der Waals surface area (Å²) in [5, 5.41) is 41.8. The molecule has 0 bridgehead atoms. The first-order chi connectivity index (χ1) is 19.9. The van der Waals surface area contributed by atoms with Crippen LogP contribution in [0.3, 0.4) is 0 Å². The van der Waals surface area contributed by atoms with Crippen molar-refractivity contribution in [2.75, 3.05) is 26.1 Å². The summed E-state index contributed by atoms with van der Waals surface area (Å²) in [4.78, 5) is 4.70. The molecule has 3 N–H and O–H groups in total. The SMILES string of the molecule is CO[C@H]1C[SH]([C@@H](c2ncccc2C)[C@]2(O)CCOC(C)(C)C2)[C@H](CO)[C@H](O)[C@@H]1n1cc(-c2cc(F)c(F)c(F)c2)nn1. The van der Waals surface area contributed by atoms with Crippen LogP contribution in [0.5, 0.6) is 0 Å². The van der Waals surface area contributed by atoms with Gasteiger partial charge in [-0.2, -0.15) is 0 Å². The molecule has 2 fully saturated rings. The summed E-state index contributed by atoms with van der Waals surface area (Å²) >= 11 is 0. The number of aliphatic hydroxyl groups is 3. The Morgan fingerprint density at radius 1 is 1.24 bits per heavy atom. The third kappa shape index (κ3) is 5.70. The van der Waals surface area contributed by atoms with E-state index < -0.39 is 68.3 Å². The Hall–Kier alpha value is -2.55. The Balaban J connectivity index is 1.54. The molecule has 2 aromatic heterocycles. The van der Waals surface area contributed by atoms with Crippen molar-refractivity contribution in [3.05, 3.63) is 65.4 Å². The molecule has 3 aromatic rings.